The maximum absolute atomic E-state index is 13.1. The lowest BCUT2D eigenvalue weighted by Gasteiger charge is -2.37. The van der Waals surface area contributed by atoms with E-state index in [1.54, 1.807) is 24.8 Å². The van der Waals surface area contributed by atoms with E-state index in [1.165, 1.54) is 6.20 Å². The molecule has 0 bridgehead atoms. The van der Waals surface area contributed by atoms with Gasteiger partial charge in [0.2, 0.25) is 0 Å². The van der Waals surface area contributed by atoms with Crippen LogP contribution in [-0.4, -0.2) is 82.3 Å². The zero-order valence-electron chi connectivity index (χ0n) is 24.7. The quantitative estimate of drug-likeness (QED) is 0.521. The number of fused-ring (bicyclic) bond motifs is 2. The first kappa shape index (κ1) is 31.0. The third-order valence-electron chi connectivity index (χ3n) is 7.27. The molecule has 2 saturated heterocycles. The number of rotatable bonds is 5. The summed E-state index contributed by atoms with van der Waals surface area (Å²) in [5.74, 6) is -1.34. The summed E-state index contributed by atoms with van der Waals surface area (Å²) in [7, 11) is 0. The number of benzene rings is 1. The molecule has 2 fully saturated rings. The van der Waals surface area contributed by atoms with Gasteiger partial charge < -0.3 is 34.5 Å². The molecule has 3 aliphatic heterocycles. The number of anilines is 1. The molecule has 1 aromatic heterocycles. The van der Waals surface area contributed by atoms with Gasteiger partial charge in [-0.05, 0) is 64.3 Å². The Morgan fingerprint density at radius 1 is 1.12 bits per heavy atom. The van der Waals surface area contributed by atoms with Crippen LogP contribution in [-0.2, 0) is 38.1 Å². The molecule has 5 rings (SSSR count). The van der Waals surface area contributed by atoms with E-state index in [9.17, 15) is 22.8 Å². The average Bonchev–Trinajstić information content (AvgIpc) is 3.26. The van der Waals surface area contributed by atoms with E-state index in [0.717, 1.165) is 11.1 Å². The number of hydrogen-bond donors (Lipinski definition) is 2. The minimum absolute atomic E-state index is 0.0659. The minimum Gasteiger partial charge on any atom is -0.444 e. The van der Waals surface area contributed by atoms with E-state index in [1.807, 2.05) is 32.9 Å². The Hall–Kier alpha value is -3.49. The molecule has 3 aliphatic rings. The highest BCUT2D eigenvalue weighted by atomic mass is 19.4. The first-order valence-corrected chi connectivity index (χ1v) is 14.1. The Labute approximate surface area is 247 Å². The van der Waals surface area contributed by atoms with Crippen molar-refractivity contribution in [1.29, 1.82) is 0 Å². The van der Waals surface area contributed by atoms with Crippen LogP contribution in [0.1, 0.15) is 61.8 Å². The van der Waals surface area contributed by atoms with Crippen molar-refractivity contribution in [2.24, 2.45) is 0 Å². The third-order valence-corrected chi connectivity index (χ3v) is 7.27. The van der Waals surface area contributed by atoms with Gasteiger partial charge >= 0.3 is 12.3 Å². The topological polar surface area (TPSA) is 124 Å². The number of carbonyl (C=O) groups is 2. The lowest BCUT2D eigenvalue weighted by Crippen LogP contribution is -2.57. The number of halogens is 3. The summed E-state index contributed by atoms with van der Waals surface area (Å²) in [5, 5.41) is 5.85. The SMILES string of the molecule is CC(C)(C)OC(=O)N1CCc2cc(C(=O)NC[C@H]3OC[C@H](Nc4cncc(C(F)(F)F)n4)[C@H]4OC(C)(C)O[C@H]43)ccc2C1. The van der Waals surface area contributed by atoms with Crippen LogP contribution in [0.15, 0.2) is 30.6 Å². The molecule has 4 atom stereocenters. The molecule has 11 nitrogen and oxygen atoms in total. The van der Waals surface area contributed by atoms with Crippen molar-refractivity contribution in [1.82, 2.24) is 20.2 Å². The average molecular weight is 608 g/mol. The fourth-order valence-electron chi connectivity index (χ4n) is 5.37. The molecule has 2 amide bonds. The number of aromatic nitrogens is 2. The van der Waals surface area contributed by atoms with Crippen LogP contribution in [0.5, 0.6) is 0 Å². The van der Waals surface area contributed by atoms with E-state index < -0.39 is 47.6 Å². The van der Waals surface area contributed by atoms with Crippen LogP contribution in [0.25, 0.3) is 0 Å². The second-order valence-corrected chi connectivity index (χ2v) is 12.3. The summed E-state index contributed by atoms with van der Waals surface area (Å²) in [6.07, 6.45) is -4.31. The first-order valence-electron chi connectivity index (χ1n) is 14.1. The lowest BCUT2D eigenvalue weighted by molar-refractivity contribution is -0.153. The van der Waals surface area contributed by atoms with Crippen LogP contribution in [0.4, 0.5) is 23.8 Å². The van der Waals surface area contributed by atoms with Crippen molar-refractivity contribution in [3.05, 3.63) is 53.0 Å². The third kappa shape index (κ3) is 7.36. The van der Waals surface area contributed by atoms with Crippen LogP contribution in [0.3, 0.4) is 0 Å². The predicted octanol–water partition coefficient (Wildman–Crippen LogP) is 3.92. The predicted molar refractivity (Wildman–Crippen MR) is 147 cm³/mol. The first-order chi connectivity index (χ1) is 20.1. The number of hydrogen-bond acceptors (Lipinski definition) is 9. The Morgan fingerprint density at radius 3 is 2.58 bits per heavy atom. The molecule has 234 valence electrons. The van der Waals surface area contributed by atoms with Crippen LogP contribution >= 0.6 is 0 Å². The number of alkyl halides is 3. The second-order valence-electron chi connectivity index (χ2n) is 12.3. The van der Waals surface area contributed by atoms with Crippen molar-refractivity contribution in [2.75, 3.05) is 25.0 Å². The van der Waals surface area contributed by atoms with E-state index in [2.05, 4.69) is 20.6 Å². The highest BCUT2D eigenvalue weighted by Crippen LogP contribution is 2.36. The van der Waals surface area contributed by atoms with Crippen molar-refractivity contribution in [3.63, 3.8) is 0 Å². The molecule has 43 heavy (non-hydrogen) atoms. The van der Waals surface area contributed by atoms with Gasteiger partial charge in [-0.25, -0.2) is 9.78 Å². The summed E-state index contributed by atoms with van der Waals surface area (Å²) < 4.78 is 63.0. The number of amides is 2. The molecular formula is C29H36F3N5O6. The van der Waals surface area contributed by atoms with Crippen LogP contribution in [0.2, 0.25) is 0 Å². The highest BCUT2D eigenvalue weighted by Gasteiger charge is 2.52. The van der Waals surface area contributed by atoms with E-state index in [0.29, 0.717) is 31.3 Å². The Morgan fingerprint density at radius 2 is 1.86 bits per heavy atom. The van der Waals surface area contributed by atoms with Gasteiger partial charge in [-0.15, -0.1) is 0 Å². The van der Waals surface area contributed by atoms with Crippen molar-refractivity contribution in [2.45, 2.75) is 89.5 Å². The summed E-state index contributed by atoms with van der Waals surface area (Å²) in [6.45, 7) is 10.0. The van der Waals surface area contributed by atoms with Crippen molar-refractivity contribution < 1.29 is 41.7 Å². The normalized spacial score (nSPS) is 25.0. The highest BCUT2D eigenvalue weighted by molar-refractivity contribution is 5.94. The van der Waals surface area contributed by atoms with Gasteiger partial charge in [0, 0.05) is 25.2 Å². The summed E-state index contributed by atoms with van der Waals surface area (Å²) >= 11 is 0. The molecule has 1 aromatic carbocycles. The lowest BCUT2D eigenvalue weighted by atomic mass is 9.96. The maximum Gasteiger partial charge on any atom is 0.434 e. The molecule has 0 aliphatic carbocycles. The Balaban J connectivity index is 1.20. The molecule has 2 aromatic rings. The largest absolute Gasteiger partial charge is 0.444 e. The molecule has 4 heterocycles. The molecule has 0 unspecified atom stereocenters. The van der Waals surface area contributed by atoms with Gasteiger partial charge in [0.05, 0.1) is 25.0 Å². The van der Waals surface area contributed by atoms with E-state index in [4.69, 9.17) is 18.9 Å². The Bertz CT molecular complexity index is 1360. The van der Waals surface area contributed by atoms with Gasteiger partial charge in [-0.2, -0.15) is 13.2 Å². The van der Waals surface area contributed by atoms with Gasteiger partial charge in [0.15, 0.2) is 11.5 Å². The number of carbonyl (C=O) groups excluding carboxylic acids is 2. The monoisotopic (exact) mass is 607 g/mol. The smallest absolute Gasteiger partial charge is 0.434 e. The molecule has 2 N–H and O–H groups in total. The fraction of sp³-hybridized carbons (Fsp3) is 0.586. The Kier molecular flexibility index (Phi) is 8.31. The van der Waals surface area contributed by atoms with Gasteiger partial charge in [-0.1, -0.05) is 6.07 Å². The summed E-state index contributed by atoms with van der Waals surface area (Å²) in [6, 6.07) is 4.82. The molecular weight excluding hydrogens is 571 g/mol. The number of nitrogens with zero attached hydrogens (tertiary/aromatic N) is 3. The zero-order valence-corrected chi connectivity index (χ0v) is 24.7. The number of ether oxygens (including phenoxy) is 4. The molecule has 0 radical (unpaired) electrons. The maximum atomic E-state index is 13.1. The second kappa shape index (κ2) is 11.5. The van der Waals surface area contributed by atoms with Gasteiger partial charge in [0.1, 0.15) is 29.7 Å². The standard InChI is InChI=1S/C29H36F3N5O6/c1-27(2,3)43-26(39)37-9-8-16-10-17(6-7-18(16)14-37)25(38)34-11-20-24-23(41-28(4,5)42-24)19(15-40-20)35-22-13-33-12-21(36-22)29(30,31)32/h6-7,10,12-13,19-20,23-24H,8-9,11,14-15H2,1-5H3,(H,34,38)(H,35,36)/t19-,20+,23+,24-/m0/s1. The zero-order chi connectivity index (χ0) is 31.2. The van der Waals surface area contributed by atoms with Crippen molar-refractivity contribution in [3.8, 4) is 0 Å². The van der Waals surface area contributed by atoms with E-state index in [-0.39, 0.29) is 31.0 Å². The van der Waals surface area contributed by atoms with Crippen LogP contribution in [0, 0.1) is 0 Å². The van der Waals surface area contributed by atoms with Crippen molar-refractivity contribution >= 4 is 17.8 Å². The molecule has 0 spiro atoms. The summed E-state index contributed by atoms with van der Waals surface area (Å²) in [4.78, 5) is 34.5. The number of nitrogens with one attached hydrogen (secondary N) is 2. The van der Waals surface area contributed by atoms with Crippen LogP contribution < -0.4 is 10.6 Å². The fourth-order valence-corrected chi connectivity index (χ4v) is 5.37. The molecule has 14 heteroatoms. The van der Waals surface area contributed by atoms with E-state index >= 15 is 0 Å². The minimum atomic E-state index is -4.63. The van der Waals surface area contributed by atoms with Gasteiger partial charge in [0.25, 0.3) is 5.91 Å². The summed E-state index contributed by atoms with van der Waals surface area (Å²) in [5.41, 5.74) is 0.722. The molecule has 0 saturated carbocycles. The van der Waals surface area contributed by atoms with Gasteiger partial charge in [-0.3, -0.25) is 9.78 Å².